The molecular weight excluding hydrogens is 324 g/mol. The van der Waals surface area contributed by atoms with Crippen molar-refractivity contribution < 1.29 is 13.2 Å². The summed E-state index contributed by atoms with van der Waals surface area (Å²) in [6.45, 7) is 0.400. The van der Waals surface area contributed by atoms with Gasteiger partial charge in [0, 0.05) is 17.8 Å². The fourth-order valence-electron chi connectivity index (χ4n) is 3.08. The number of para-hydroxylation sites is 1. The standard InChI is InChI=1S/C18H20N2O3S/c1-24(22,23)20-13-7-12-17(20)18(21)19-16-11-6-5-10-15(16)14-8-3-2-4-9-14/h2-6,8-11,17H,7,12-13H2,1H3,(H,19,21). The predicted octanol–water partition coefficient (Wildman–Crippen LogP) is 2.72. The third-order valence-corrected chi connectivity index (χ3v) is 5.49. The molecule has 1 atom stereocenters. The second-order valence-corrected chi connectivity index (χ2v) is 7.87. The minimum absolute atomic E-state index is 0.277. The van der Waals surface area contributed by atoms with Crippen LogP contribution in [0.3, 0.4) is 0 Å². The number of sulfonamides is 1. The van der Waals surface area contributed by atoms with Gasteiger partial charge in [-0.3, -0.25) is 4.79 Å². The molecule has 24 heavy (non-hydrogen) atoms. The molecule has 6 heteroatoms. The number of nitrogens with one attached hydrogen (secondary N) is 1. The second-order valence-electron chi connectivity index (χ2n) is 5.93. The largest absolute Gasteiger partial charge is 0.324 e. The van der Waals surface area contributed by atoms with Crippen LogP contribution in [-0.2, 0) is 14.8 Å². The summed E-state index contributed by atoms with van der Waals surface area (Å²) in [5, 5.41) is 2.91. The van der Waals surface area contributed by atoms with Crippen LogP contribution in [0.1, 0.15) is 12.8 Å². The summed E-state index contributed by atoms with van der Waals surface area (Å²) in [6, 6.07) is 16.7. The SMILES string of the molecule is CS(=O)(=O)N1CCCC1C(=O)Nc1ccccc1-c1ccccc1. The third-order valence-electron chi connectivity index (χ3n) is 4.20. The van der Waals surface area contributed by atoms with Crippen LogP contribution in [0.4, 0.5) is 5.69 Å². The Kier molecular flexibility index (Phi) is 4.69. The van der Waals surface area contributed by atoms with Crippen molar-refractivity contribution in [2.45, 2.75) is 18.9 Å². The summed E-state index contributed by atoms with van der Waals surface area (Å²) in [5.41, 5.74) is 2.60. The van der Waals surface area contributed by atoms with E-state index in [2.05, 4.69) is 5.32 Å². The van der Waals surface area contributed by atoms with Gasteiger partial charge in [0.2, 0.25) is 15.9 Å². The van der Waals surface area contributed by atoms with E-state index in [1.807, 2.05) is 54.6 Å². The van der Waals surface area contributed by atoms with Gasteiger partial charge in [-0.1, -0.05) is 48.5 Å². The number of hydrogen-bond acceptors (Lipinski definition) is 3. The van der Waals surface area contributed by atoms with Crippen molar-refractivity contribution in [3.63, 3.8) is 0 Å². The van der Waals surface area contributed by atoms with Crippen molar-refractivity contribution in [3.05, 3.63) is 54.6 Å². The van der Waals surface area contributed by atoms with Crippen LogP contribution in [0.25, 0.3) is 11.1 Å². The van der Waals surface area contributed by atoms with E-state index in [1.165, 1.54) is 4.31 Å². The van der Waals surface area contributed by atoms with Gasteiger partial charge in [0.05, 0.1) is 6.26 Å². The van der Waals surface area contributed by atoms with Crippen LogP contribution in [0.5, 0.6) is 0 Å². The molecule has 2 aromatic carbocycles. The first-order valence-electron chi connectivity index (χ1n) is 7.89. The van der Waals surface area contributed by atoms with E-state index >= 15 is 0 Å². The zero-order valence-electron chi connectivity index (χ0n) is 13.5. The molecule has 1 heterocycles. The van der Waals surface area contributed by atoms with Gasteiger partial charge in [-0.15, -0.1) is 0 Å². The zero-order valence-corrected chi connectivity index (χ0v) is 14.3. The molecule has 5 nitrogen and oxygen atoms in total. The van der Waals surface area contributed by atoms with Crippen molar-refractivity contribution >= 4 is 21.6 Å². The lowest BCUT2D eigenvalue weighted by Gasteiger charge is -2.22. The number of amides is 1. The summed E-state index contributed by atoms with van der Waals surface area (Å²) in [7, 11) is -3.38. The van der Waals surface area contributed by atoms with Crippen LogP contribution in [0.15, 0.2) is 54.6 Å². The van der Waals surface area contributed by atoms with E-state index in [0.717, 1.165) is 17.4 Å². The van der Waals surface area contributed by atoms with Crippen molar-refractivity contribution in [2.24, 2.45) is 0 Å². The average Bonchev–Trinajstić information content (AvgIpc) is 3.06. The minimum Gasteiger partial charge on any atom is -0.324 e. The smallest absolute Gasteiger partial charge is 0.242 e. The fraction of sp³-hybridized carbons (Fsp3) is 0.278. The zero-order chi connectivity index (χ0) is 17.2. The highest BCUT2D eigenvalue weighted by Crippen LogP contribution is 2.29. The molecule has 3 rings (SSSR count). The lowest BCUT2D eigenvalue weighted by molar-refractivity contribution is -0.119. The van der Waals surface area contributed by atoms with Gasteiger partial charge in [0.15, 0.2) is 0 Å². The highest BCUT2D eigenvalue weighted by molar-refractivity contribution is 7.88. The molecule has 1 aliphatic rings. The van der Waals surface area contributed by atoms with Crippen LogP contribution in [-0.4, -0.2) is 37.5 Å². The highest BCUT2D eigenvalue weighted by atomic mass is 32.2. The van der Waals surface area contributed by atoms with Gasteiger partial charge in [-0.25, -0.2) is 8.42 Å². The van der Waals surface area contributed by atoms with Crippen molar-refractivity contribution in [3.8, 4) is 11.1 Å². The Morgan fingerprint density at radius 1 is 1.08 bits per heavy atom. The Morgan fingerprint density at radius 2 is 1.75 bits per heavy atom. The van der Waals surface area contributed by atoms with E-state index in [1.54, 1.807) is 0 Å². The maximum atomic E-state index is 12.6. The summed E-state index contributed by atoms with van der Waals surface area (Å²) in [6.07, 6.45) is 2.40. The molecule has 126 valence electrons. The first-order valence-corrected chi connectivity index (χ1v) is 9.74. The molecule has 0 bridgehead atoms. The Hall–Kier alpha value is -2.18. The molecule has 1 unspecified atom stereocenters. The number of anilines is 1. The normalized spacial score (nSPS) is 18.5. The highest BCUT2D eigenvalue weighted by Gasteiger charge is 2.36. The number of benzene rings is 2. The number of carbonyl (C=O) groups is 1. The summed E-state index contributed by atoms with van der Waals surface area (Å²) >= 11 is 0. The first kappa shape index (κ1) is 16.7. The van der Waals surface area contributed by atoms with Crippen LogP contribution < -0.4 is 5.32 Å². The maximum absolute atomic E-state index is 12.6. The monoisotopic (exact) mass is 344 g/mol. The van der Waals surface area contributed by atoms with E-state index in [0.29, 0.717) is 25.1 Å². The van der Waals surface area contributed by atoms with E-state index in [-0.39, 0.29) is 5.91 Å². The van der Waals surface area contributed by atoms with Crippen LogP contribution in [0.2, 0.25) is 0 Å². The molecule has 0 spiro atoms. The molecule has 0 aromatic heterocycles. The van der Waals surface area contributed by atoms with Crippen molar-refractivity contribution in [2.75, 3.05) is 18.1 Å². The maximum Gasteiger partial charge on any atom is 0.242 e. The first-order chi connectivity index (χ1) is 11.5. The average molecular weight is 344 g/mol. The van der Waals surface area contributed by atoms with Gasteiger partial charge in [-0.2, -0.15) is 4.31 Å². The van der Waals surface area contributed by atoms with E-state index < -0.39 is 16.1 Å². The summed E-state index contributed by atoms with van der Waals surface area (Å²) in [5.74, 6) is -0.277. The van der Waals surface area contributed by atoms with Crippen LogP contribution in [0, 0.1) is 0 Å². The number of rotatable bonds is 4. The summed E-state index contributed by atoms with van der Waals surface area (Å²) in [4.78, 5) is 12.6. The molecule has 0 saturated carbocycles. The van der Waals surface area contributed by atoms with Crippen molar-refractivity contribution in [1.82, 2.24) is 4.31 Å². The van der Waals surface area contributed by atoms with E-state index in [4.69, 9.17) is 0 Å². The summed E-state index contributed by atoms with van der Waals surface area (Å²) < 4.78 is 25.0. The molecule has 1 N–H and O–H groups in total. The molecule has 2 aromatic rings. The Morgan fingerprint density at radius 3 is 2.46 bits per heavy atom. The molecule has 1 aliphatic heterocycles. The van der Waals surface area contributed by atoms with Crippen LogP contribution >= 0.6 is 0 Å². The molecular formula is C18H20N2O3S. The topological polar surface area (TPSA) is 66.5 Å². The lowest BCUT2D eigenvalue weighted by Crippen LogP contribution is -2.42. The predicted molar refractivity (Wildman–Crippen MR) is 95.1 cm³/mol. The Balaban J connectivity index is 1.86. The Labute approximate surface area is 142 Å². The molecule has 0 radical (unpaired) electrons. The molecule has 1 saturated heterocycles. The Bertz CT molecular complexity index is 834. The van der Waals surface area contributed by atoms with Gasteiger partial charge in [-0.05, 0) is 24.5 Å². The number of nitrogens with zero attached hydrogens (tertiary/aromatic N) is 1. The fourth-order valence-corrected chi connectivity index (χ4v) is 4.20. The third kappa shape index (κ3) is 3.49. The van der Waals surface area contributed by atoms with Gasteiger partial charge in [0.1, 0.15) is 6.04 Å². The van der Waals surface area contributed by atoms with E-state index in [9.17, 15) is 13.2 Å². The number of hydrogen-bond donors (Lipinski definition) is 1. The van der Waals surface area contributed by atoms with Crippen molar-refractivity contribution in [1.29, 1.82) is 0 Å². The molecule has 1 amide bonds. The molecule has 0 aliphatic carbocycles. The number of carbonyl (C=O) groups excluding carboxylic acids is 1. The molecule has 1 fully saturated rings. The quantitative estimate of drug-likeness (QED) is 0.927. The lowest BCUT2D eigenvalue weighted by atomic mass is 10.0. The van der Waals surface area contributed by atoms with Gasteiger partial charge >= 0.3 is 0 Å². The minimum atomic E-state index is -3.38. The second kappa shape index (κ2) is 6.75. The van der Waals surface area contributed by atoms with Gasteiger partial charge in [0.25, 0.3) is 0 Å². The van der Waals surface area contributed by atoms with Gasteiger partial charge < -0.3 is 5.32 Å².